The molecule has 2 fully saturated rings. The summed E-state index contributed by atoms with van der Waals surface area (Å²) in [4.78, 5) is 0. The molecule has 2 rings (SSSR count). The molecule has 0 aromatic rings. The van der Waals surface area contributed by atoms with Gasteiger partial charge in [0, 0.05) is 6.61 Å². The van der Waals surface area contributed by atoms with Gasteiger partial charge >= 0.3 is 0 Å². The van der Waals surface area contributed by atoms with Crippen LogP contribution in [0.15, 0.2) is 0 Å². The van der Waals surface area contributed by atoms with Crippen molar-refractivity contribution < 1.29 is 4.74 Å². The van der Waals surface area contributed by atoms with Crippen molar-refractivity contribution in [3.05, 3.63) is 0 Å². The zero-order valence-electron chi connectivity index (χ0n) is 13.2. The highest BCUT2D eigenvalue weighted by Crippen LogP contribution is 2.41. The molecule has 0 unspecified atom stereocenters. The lowest BCUT2D eigenvalue weighted by molar-refractivity contribution is 0.00395. The first-order chi connectivity index (χ1) is 9.33. The summed E-state index contributed by atoms with van der Waals surface area (Å²) in [6.45, 7) is 5.37. The summed E-state index contributed by atoms with van der Waals surface area (Å²) in [5.41, 5.74) is 0. The van der Waals surface area contributed by atoms with Gasteiger partial charge in [-0.25, -0.2) is 0 Å². The number of unbranched alkanes of at least 4 members (excludes halogenated alkanes) is 1. The van der Waals surface area contributed by atoms with Gasteiger partial charge in [0.2, 0.25) is 0 Å². The van der Waals surface area contributed by atoms with Crippen molar-refractivity contribution in [2.24, 2.45) is 17.8 Å². The van der Waals surface area contributed by atoms with Gasteiger partial charge < -0.3 is 4.74 Å². The SMILES string of the molecule is CCCC[C@H]1CC[C@@H]([C@@H]2CCC[C@@H](OCC)C2)CC1. The van der Waals surface area contributed by atoms with Crippen molar-refractivity contribution in [2.75, 3.05) is 6.61 Å². The average molecular weight is 266 g/mol. The molecule has 112 valence electrons. The summed E-state index contributed by atoms with van der Waals surface area (Å²) in [6, 6.07) is 0. The Morgan fingerprint density at radius 3 is 2.37 bits per heavy atom. The van der Waals surface area contributed by atoms with E-state index in [0.717, 1.165) is 24.4 Å². The van der Waals surface area contributed by atoms with Gasteiger partial charge in [0.05, 0.1) is 6.10 Å². The van der Waals surface area contributed by atoms with Gasteiger partial charge in [0.15, 0.2) is 0 Å². The molecular formula is C18H34O. The molecule has 2 aliphatic carbocycles. The third-order valence-corrected chi connectivity index (χ3v) is 5.59. The minimum atomic E-state index is 0.585. The lowest BCUT2D eigenvalue weighted by Gasteiger charge is -2.38. The summed E-state index contributed by atoms with van der Waals surface area (Å²) in [5.74, 6) is 3.07. The van der Waals surface area contributed by atoms with Gasteiger partial charge in [0.1, 0.15) is 0 Å². The molecule has 0 heterocycles. The molecule has 0 amide bonds. The molecule has 2 atom stereocenters. The van der Waals surface area contributed by atoms with Crippen LogP contribution in [0.25, 0.3) is 0 Å². The largest absolute Gasteiger partial charge is 0.378 e. The van der Waals surface area contributed by atoms with E-state index in [1.54, 1.807) is 0 Å². The molecule has 0 aromatic carbocycles. The standard InChI is InChI=1S/C18H34O/c1-3-5-7-15-10-12-16(13-11-15)17-8-6-9-18(14-17)19-4-2/h15-18H,3-14H2,1-2H3/t15-,16+,17-,18-/m1/s1. The van der Waals surface area contributed by atoms with Crippen LogP contribution in [0, 0.1) is 17.8 Å². The maximum absolute atomic E-state index is 5.88. The van der Waals surface area contributed by atoms with Crippen LogP contribution in [0.5, 0.6) is 0 Å². The molecule has 2 saturated carbocycles. The first kappa shape index (κ1) is 15.4. The van der Waals surface area contributed by atoms with Gasteiger partial charge in [-0.1, -0.05) is 45.4 Å². The van der Waals surface area contributed by atoms with E-state index in [0.29, 0.717) is 6.10 Å². The summed E-state index contributed by atoms with van der Waals surface area (Å²) >= 11 is 0. The fraction of sp³-hybridized carbons (Fsp3) is 1.00. The number of hydrogen-bond acceptors (Lipinski definition) is 1. The second-order valence-electron chi connectivity index (χ2n) is 6.93. The van der Waals surface area contributed by atoms with E-state index in [2.05, 4.69) is 13.8 Å². The molecule has 1 nitrogen and oxygen atoms in total. The van der Waals surface area contributed by atoms with Crippen molar-refractivity contribution in [3.63, 3.8) is 0 Å². The maximum Gasteiger partial charge on any atom is 0.0577 e. The van der Waals surface area contributed by atoms with E-state index < -0.39 is 0 Å². The van der Waals surface area contributed by atoms with Gasteiger partial charge in [-0.3, -0.25) is 0 Å². The smallest absolute Gasteiger partial charge is 0.0577 e. The fourth-order valence-electron chi connectivity index (χ4n) is 4.44. The van der Waals surface area contributed by atoms with Crippen LogP contribution in [0.4, 0.5) is 0 Å². The Labute approximate surface area is 120 Å². The monoisotopic (exact) mass is 266 g/mol. The highest BCUT2D eigenvalue weighted by molar-refractivity contribution is 4.82. The van der Waals surface area contributed by atoms with E-state index in [1.807, 2.05) is 0 Å². The van der Waals surface area contributed by atoms with E-state index in [1.165, 1.54) is 70.6 Å². The highest BCUT2D eigenvalue weighted by atomic mass is 16.5. The minimum Gasteiger partial charge on any atom is -0.378 e. The Bertz CT molecular complexity index is 228. The molecule has 1 heteroatoms. The van der Waals surface area contributed by atoms with E-state index in [-0.39, 0.29) is 0 Å². The summed E-state index contributed by atoms with van der Waals surface area (Å²) < 4.78 is 5.88. The van der Waals surface area contributed by atoms with Crippen molar-refractivity contribution in [1.29, 1.82) is 0 Å². The molecule has 0 saturated heterocycles. The topological polar surface area (TPSA) is 9.23 Å². The van der Waals surface area contributed by atoms with Crippen molar-refractivity contribution >= 4 is 0 Å². The highest BCUT2D eigenvalue weighted by Gasteiger charge is 2.31. The van der Waals surface area contributed by atoms with Crippen molar-refractivity contribution in [1.82, 2.24) is 0 Å². The van der Waals surface area contributed by atoms with E-state index >= 15 is 0 Å². The molecule has 2 aliphatic rings. The molecule has 19 heavy (non-hydrogen) atoms. The average Bonchev–Trinajstić information content (AvgIpc) is 2.46. The molecule has 0 spiro atoms. The third-order valence-electron chi connectivity index (χ3n) is 5.59. The second kappa shape index (κ2) is 8.29. The van der Waals surface area contributed by atoms with Crippen LogP contribution in [-0.4, -0.2) is 12.7 Å². The molecular weight excluding hydrogens is 232 g/mol. The Balaban J connectivity index is 1.71. The van der Waals surface area contributed by atoms with E-state index in [9.17, 15) is 0 Å². The third kappa shape index (κ3) is 4.77. The summed E-state index contributed by atoms with van der Waals surface area (Å²) in [6.07, 6.45) is 16.5. The summed E-state index contributed by atoms with van der Waals surface area (Å²) in [7, 11) is 0. The van der Waals surface area contributed by atoms with Crippen LogP contribution in [0.2, 0.25) is 0 Å². The van der Waals surface area contributed by atoms with Gasteiger partial charge in [-0.05, 0) is 56.8 Å². The minimum absolute atomic E-state index is 0.585. The second-order valence-corrected chi connectivity index (χ2v) is 6.93. The Kier molecular flexibility index (Phi) is 6.70. The van der Waals surface area contributed by atoms with Crippen LogP contribution < -0.4 is 0 Å². The normalized spacial score (nSPS) is 36.3. The number of hydrogen-bond donors (Lipinski definition) is 0. The van der Waals surface area contributed by atoms with Crippen LogP contribution in [0.3, 0.4) is 0 Å². The molecule has 0 bridgehead atoms. The lowest BCUT2D eigenvalue weighted by atomic mass is 9.70. The predicted octanol–water partition coefficient (Wildman–Crippen LogP) is 5.58. The fourth-order valence-corrected chi connectivity index (χ4v) is 4.44. The quantitative estimate of drug-likeness (QED) is 0.610. The number of ether oxygens (including phenoxy) is 1. The van der Waals surface area contributed by atoms with Gasteiger partial charge in [-0.15, -0.1) is 0 Å². The Hall–Kier alpha value is -0.0400. The lowest BCUT2D eigenvalue weighted by Crippen LogP contribution is -2.30. The van der Waals surface area contributed by atoms with Crippen molar-refractivity contribution in [2.45, 2.75) is 90.6 Å². The van der Waals surface area contributed by atoms with Gasteiger partial charge in [-0.2, -0.15) is 0 Å². The first-order valence-corrected chi connectivity index (χ1v) is 8.95. The number of rotatable bonds is 6. The zero-order chi connectivity index (χ0) is 13.5. The van der Waals surface area contributed by atoms with Crippen LogP contribution in [0.1, 0.15) is 84.5 Å². The predicted molar refractivity (Wildman–Crippen MR) is 82.3 cm³/mol. The molecule has 0 N–H and O–H groups in total. The Morgan fingerprint density at radius 1 is 0.895 bits per heavy atom. The van der Waals surface area contributed by atoms with Crippen LogP contribution >= 0.6 is 0 Å². The molecule has 0 aromatic heterocycles. The molecule has 0 radical (unpaired) electrons. The Morgan fingerprint density at radius 2 is 1.68 bits per heavy atom. The van der Waals surface area contributed by atoms with E-state index in [4.69, 9.17) is 4.74 Å². The summed E-state index contributed by atoms with van der Waals surface area (Å²) in [5, 5.41) is 0. The molecule has 0 aliphatic heterocycles. The zero-order valence-corrected chi connectivity index (χ0v) is 13.2. The first-order valence-electron chi connectivity index (χ1n) is 8.95. The van der Waals surface area contributed by atoms with Crippen molar-refractivity contribution in [3.8, 4) is 0 Å². The maximum atomic E-state index is 5.88. The van der Waals surface area contributed by atoms with Crippen LogP contribution in [-0.2, 0) is 4.74 Å². The van der Waals surface area contributed by atoms with Gasteiger partial charge in [0.25, 0.3) is 0 Å².